The standard InChI is InChI=1S/C15H31N3/c1-6-16-12-9-13-7-8-14(10-12)18(13)11-15(2,3)17(4)5/h12-14,16H,6-11H2,1-5H3. The largest absolute Gasteiger partial charge is 0.314 e. The summed E-state index contributed by atoms with van der Waals surface area (Å²) in [4.78, 5) is 5.16. The lowest BCUT2D eigenvalue weighted by atomic mass is 9.94. The van der Waals surface area contributed by atoms with Crippen molar-refractivity contribution >= 4 is 0 Å². The zero-order valence-electron chi connectivity index (χ0n) is 12.9. The Balaban J connectivity index is 1.96. The van der Waals surface area contributed by atoms with Crippen LogP contribution in [-0.4, -0.2) is 60.6 Å². The molecule has 2 saturated heterocycles. The zero-order valence-corrected chi connectivity index (χ0v) is 12.9. The number of hydrogen-bond acceptors (Lipinski definition) is 3. The van der Waals surface area contributed by atoms with Gasteiger partial charge in [-0.15, -0.1) is 0 Å². The van der Waals surface area contributed by atoms with Crippen molar-refractivity contribution in [3.8, 4) is 0 Å². The molecule has 0 aromatic heterocycles. The summed E-state index contributed by atoms with van der Waals surface area (Å²) >= 11 is 0. The third kappa shape index (κ3) is 2.89. The second-order valence-electron chi connectivity index (χ2n) is 6.99. The minimum absolute atomic E-state index is 0.284. The number of hydrogen-bond donors (Lipinski definition) is 1. The number of fused-ring (bicyclic) bond motifs is 2. The van der Waals surface area contributed by atoms with Gasteiger partial charge in [0.1, 0.15) is 0 Å². The Labute approximate surface area is 113 Å². The number of nitrogens with one attached hydrogen (secondary N) is 1. The van der Waals surface area contributed by atoms with Crippen LogP contribution in [0.2, 0.25) is 0 Å². The van der Waals surface area contributed by atoms with Crippen molar-refractivity contribution in [3.63, 3.8) is 0 Å². The molecule has 0 amide bonds. The minimum Gasteiger partial charge on any atom is -0.314 e. The number of nitrogens with zero attached hydrogens (tertiary/aromatic N) is 2. The summed E-state index contributed by atoms with van der Waals surface area (Å²) in [7, 11) is 4.40. The predicted molar refractivity (Wildman–Crippen MR) is 78.0 cm³/mol. The van der Waals surface area contributed by atoms with Gasteiger partial charge in [0.15, 0.2) is 0 Å². The van der Waals surface area contributed by atoms with E-state index in [9.17, 15) is 0 Å². The summed E-state index contributed by atoms with van der Waals surface area (Å²) in [5.74, 6) is 0. The van der Waals surface area contributed by atoms with E-state index >= 15 is 0 Å². The zero-order chi connectivity index (χ0) is 13.3. The monoisotopic (exact) mass is 253 g/mol. The molecule has 3 nitrogen and oxygen atoms in total. The van der Waals surface area contributed by atoms with Crippen LogP contribution in [0.3, 0.4) is 0 Å². The lowest BCUT2D eigenvalue weighted by molar-refractivity contribution is 0.0528. The molecule has 3 heteroatoms. The van der Waals surface area contributed by atoms with Gasteiger partial charge in [0.2, 0.25) is 0 Å². The normalized spacial score (nSPS) is 33.3. The van der Waals surface area contributed by atoms with Crippen LogP contribution < -0.4 is 5.32 Å². The SMILES string of the molecule is CCNC1CC2CCC(C1)N2CC(C)(C)N(C)C. The van der Waals surface area contributed by atoms with Gasteiger partial charge in [-0.2, -0.15) is 0 Å². The molecule has 2 rings (SSSR count). The Hall–Kier alpha value is -0.120. The molecule has 0 saturated carbocycles. The fourth-order valence-corrected chi connectivity index (χ4v) is 3.58. The summed E-state index contributed by atoms with van der Waals surface area (Å²) in [5, 5.41) is 3.65. The Kier molecular flexibility index (Phi) is 4.35. The third-order valence-electron chi connectivity index (χ3n) is 5.16. The molecule has 2 aliphatic rings. The number of likely N-dealkylation sites (N-methyl/N-ethyl adjacent to an activating group) is 1. The van der Waals surface area contributed by atoms with Crippen LogP contribution in [-0.2, 0) is 0 Å². The second-order valence-corrected chi connectivity index (χ2v) is 6.99. The van der Waals surface area contributed by atoms with E-state index in [1.807, 2.05) is 0 Å². The van der Waals surface area contributed by atoms with Gasteiger partial charge >= 0.3 is 0 Å². The molecule has 2 heterocycles. The summed E-state index contributed by atoms with van der Waals surface area (Å²) < 4.78 is 0. The van der Waals surface area contributed by atoms with Crippen molar-refractivity contribution in [2.75, 3.05) is 27.2 Å². The van der Waals surface area contributed by atoms with Gasteiger partial charge in [0.05, 0.1) is 0 Å². The Morgan fingerprint density at radius 1 is 1.17 bits per heavy atom. The van der Waals surface area contributed by atoms with Gasteiger partial charge in [-0.3, -0.25) is 4.90 Å². The maximum atomic E-state index is 3.65. The highest BCUT2D eigenvalue weighted by Gasteiger charge is 2.42. The maximum absolute atomic E-state index is 3.65. The van der Waals surface area contributed by atoms with Crippen LogP contribution in [0.25, 0.3) is 0 Å². The molecule has 18 heavy (non-hydrogen) atoms. The summed E-state index contributed by atoms with van der Waals surface area (Å²) in [6, 6.07) is 2.42. The van der Waals surface area contributed by atoms with E-state index in [1.54, 1.807) is 0 Å². The molecule has 1 N–H and O–H groups in total. The van der Waals surface area contributed by atoms with E-state index in [1.165, 1.54) is 32.2 Å². The average Bonchev–Trinajstić information content (AvgIpc) is 2.52. The molecule has 2 bridgehead atoms. The van der Waals surface area contributed by atoms with Crippen molar-refractivity contribution in [1.82, 2.24) is 15.1 Å². The minimum atomic E-state index is 0.284. The maximum Gasteiger partial charge on any atom is 0.0274 e. The molecular weight excluding hydrogens is 222 g/mol. The number of rotatable bonds is 5. The van der Waals surface area contributed by atoms with E-state index in [-0.39, 0.29) is 5.54 Å². The summed E-state index contributed by atoms with van der Waals surface area (Å²) in [6.07, 6.45) is 5.54. The lowest BCUT2D eigenvalue weighted by Crippen LogP contribution is -2.56. The molecule has 0 aromatic rings. The molecule has 2 fully saturated rings. The van der Waals surface area contributed by atoms with Gasteiger partial charge in [-0.05, 0) is 60.2 Å². The lowest BCUT2D eigenvalue weighted by Gasteiger charge is -2.45. The van der Waals surface area contributed by atoms with Gasteiger partial charge in [0.25, 0.3) is 0 Å². The molecule has 2 unspecified atom stereocenters. The fourth-order valence-electron chi connectivity index (χ4n) is 3.58. The van der Waals surface area contributed by atoms with Crippen LogP contribution in [0.5, 0.6) is 0 Å². The van der Waals surface area contributed by atoms with Crippen molar-refractivity contribution in [2.45, 2.75) is 70.1 Å². The fraction of sp³-hybridized carbons (Fsp3) is 1.00. The summed E-state index contributed by atoms with van der Waals surface area (Å²) in [6.45, 7) is 9.29. The van der Waals surface area contributed by atoms with Crippen LogP contribution in [0.4, 0.5) is 0 Å². The Morgan fingerprint density at radius 2 is 1.72 bits per heavy atom. The second kappa shape index (κ2) is 5.48. The highest BCUT2D eigenvalue weighted by Crippen LogP contribution is 2.37. The third-order valence-corrected chi connectivity index (χ3v) is 5.16. The molecule has 2 atom stereocenters. The topological polar surface area (TPSA) is 18.5 Å². The molecule has 0 aromatic carbocycles. The van der Waals surface area contributed by atoms with Gasteiger partial charge in [-0.1, -0.05) is 6.92 Å². The van der Waals surface area contributed by atoms with Crippen LogP contribution in [0.1, 0.15) is 46.5 Å². The molecule has 0 spiro atoms. The van der Waals surface area contributed by atoms with Gasteiger partial charge < -0.3 is 10.2 Å². The summed E-state index contributed by atoms with van der Waals surface area (Å²) in [5.41, 5.74) is 0.284. The first-order valence-electron chi connectivity index (χ1n) is 7.60. The average molecular weight is 253 g/mol. The Morgan fingerprint density at radius 3 is 2.17 bits per heavy atom. The quantitative estimate of drug-likeness (QED) is 0.808. The van der Waals surface area contributed by atoms with Crippen molar-refractivity contribution in [3.05, 3.63) is 0 Å². The molecule has 106 valence electrons. The van der Waals surface area contributed by atoms with Crippen molar-refractivity contribution < 1.29 is 0 Å². The van der Waals surface area contributed by atoms with Crippen LogP contribution in [0, 0.1) is 0 Å². The highest BCUT2D eigenvalue weighted by atomic mass is 15.3. The number of piperidine rings is 1. The van der Waals surface area contributed by atoms with E-state index in [0.717, 1.165) is 24.7 Å². The van der Waals surface area contributed by atoms with E-state index in [0.29, 0.717) is 0 Å². The first-order valence-corrected chi connectivity index (χ1v) is 7.60. The first-order chi connectivity index (χ1) is 8.44. The Bertz CT molecular complexity index is 261. The van der Waals surface area contributed by atoms with E-state index < -0.39 is 0 Å². The molecule has 0 aliphatic carbocycles. The van der Waals surface area contributed by atoms with E-state index in [2.05, 4.69) is 50.0 Å². The predicted octanol–water partition coefficient (Wildman–Crippen LogP) is 1.93. The van der Waals surface area contributed by atoms with Crippen molar-refractivity contribution in [2.24, 2.45) is 0 Å². The van der Waals surface area contributed by atoms with Crippen LogP contribution in [0.15, 0.2) is 0 Å². The van der Waals surface area contributed by atoms with Gasteiger partial charge in [-0.25, -0.2) is 0 Å². The van der Waals surface area contributed by atoms with Crippen molar-refractivity contribution in [1.29, 1.82) is 0 Å². The van der Waals surface area contributed by atoms with E-state index in [4.69, 9.17) is 0 Å². The van der Waals surface area contributed by atoms with Gasteiger partial charge in [0, 0.05) is 30.2 Å². The smallest absolute Gasteiger partial charge is 0.0274 e. The highest BCUT2D eigenvalue weighted by molar-refractivity contribution is 5.00. The first kappa shape index (κ1) is 14.3. The molecule has 0 radical (unpaired) electrons. The molecular formula is C15H31N3. The van der Waals surface area contributed by atoms with Crippen LogP contribution >= 0.6 is 0 Å². The molecule has 2 aliphatic heterocycles.